The second kappa shape index (κ2) is 4.03. The molecule has 0 aliphatic rings. The molecule has 0 N–H and O–H groups in total. The van der Waals surface area contributed by atoms with Crippen molar-refractivity contribution in [3.63, 3.8) is 0 Å². The fourth-order valence-corrected chi connectivity index (χ4v) is 3.61. The summed E-state index contributed by atoms with van der Waals surface area (Å²) in [5, 5.41) is 4.65. The van der Waals surface area contributed by atoms with Crippen molar-refractivity contribution in [2.45, 2.75) is 25.6 Å². The summed E-state index contributed by atoms with van der Waals surface area (Å²) in [6, 6.07) is 4.60. The first-order chi connectivity index (χ1) is 6.76. The van der Waals surface area contributed by atoms with Gasteiger partial charge >= 0.3 is 0 Å². The quantitative estimate of drug-likeness (QED) is 0.695. The van der Waals surface area contributed by atoms with Crippen molar-refractivity contribution in [1.82, 2.24) is 0 Å². The molecule has 74 valence electrons. The van der Waals surface area contributed by atoms with Crippen LogP contribution < -0.4 is 0 Å². The van der Waals surface area contributed by atoms with E-state index in [0.717, 1.165) is 11.8 Å². The van der Waals surface area contributed by atoms with Crippen molar-refractivity contribution in [3.05, 3.63) is 34.2 Å². The van der Waals surface area contributed by atoms with Crippen LogP contribution in [0.15, 0.2) is 17.5 Å². The average molecular weight is 269 g/mol. The summed E-state index contributed by atoms with van der Waals surface area (Å²) in [6.07, 6.45) is 1.13. The predicted molar refractivity (Wildman–Crippen MR) is 68.6 cm³/mol. The Morgan fingerprint density at radius 2 is 2.07 bits per heavy atom. The van der Waals surface area contributed by atoms with Gasteiger partial charge in [0.1, 0.15) is 0 Å². The van der Waals surface area contributed by atoms with Crippen LogP contribution in [0.25, 0.3) is 10.1 Å². The maximum absolute atomic E-state index is 3.54. The molecule has 1 aromatic heterocycles. The Labute approximate surface area is 97.1 Å². The molecule has 2 aromatic rings. The number of hydrogen-bond acceptors (Lipinski definition) is 1. The third-order valence-electron chi connectivity index (χ3n) is 2.50. The third kappa shape index (κ3) is 1.61. The Kier molecular flexibility index (Phi) is 2.93. The highest BCUT2D eigenvalue weighted by Crippen LogP contribution is 2.31. The molecule has 0 amide bonds. The predicted octanol–water partition coefficient (Wildman–Crippen LogP) is 4.67. The molecule has 0 nitrogen and oxygen atoms in total. The lowest BCUT2D eigenvalue weighted by Crippen LogP contribution is -1.83. The van der Waals surface area contributed by atoms with E-state index in [-0.39, 0.29) is 0 Å². The fraction of sp³-hybridized carbons (Fsp3) is 0.333. The van der Waals surface area contributed by atoms with E-state index in [9.17, 15) is 0 Å². The molecule has 1 heterocycles. The molecule has 0 spiro atoms. The standard InChI is InChI=1S/C12H13BrS/c1-3-9-4-8(2)5-11-10(6-13)7-14-12(9)11/h4-5,7H,3,6H2,1-2H3. The van der Waals surface area contributed by atoms with Crippen molar-refractivity contribution < 1.29 is 0 Å². The number of benzene rings is 1. The summed E-state index contributed by atoms with van der Waals surface area (Å²) in [5.74, 6) is 0. The zero-order chi connectivity index (χ0) is 10.1. The maximum Gasteiger partial charge on any atom is 0.0377 e. The van der Waals surface area contributed by atoms with E-state index in [1.54, 1.807) is 0 Å². The van der Waals surface area contributed by atoms with E-state index in [2.05, 4.69) is 47.3 Å². The minimum absolute atomic E-state index is 0.958. The lowest BCUT2D eigenvalue weighted by Gasteiger charge is -2.02. The van der Waals surface area contributed by atoms with Crippen LogP contribution in [0.1, 0.15) is 23.6 Å². The summed E-state index contributed by atoms with van der Waals surface area (Å²) < 4.78 is 1.47. The first-order valence-electron chi connectivity index (χ1n) is 4.81. The summed E-state index contributed by atoms with van der Waals surface area (Å²) in [5.41, 5.74) is 4.27. The topological polar surface area (TPSA) is 0 Å². The Bertz CT molecular complexity index is 457. The van der Waals surface area contributed by atoms with Crippen LogP contribution in [0.5, 0.6) is 0 Å². The molecule has 1 aromatic carbocycles. The molecular weight excluding hydrogens is 256 g/mol. The van der Waals surface area contributed by atoms with Crippen molar-refractivity contribution in [2.24, 2.45) is 0 Å². The molecule has 2 heteroatoms. The highest BCUT2D eigenvalue weighted by atomic mass is 79.9. The number of hydrogen-bond donors (Lipinski definition) is 0. The Hall–Kier alpha value is -0.340. The van der Waals surface area contributed by atoms with E-state index >= 15 is 0 Å². The van der Waals surface area contributed by atoms with Crippen molar-refractivity contribution >= 4 is 37.4 Å². The zero-order valence-corrected chi connectivity index (χ0v) is 10.8. The zero-order valence-electron chi connectivity index (χ0n) is 8.43. The van der Waals surface area contributed by atoms with Crippen LogP contribution in [-0.4, -0.2) is 0 Å². The average Bonchev–Trinajstić information content (AvgIpc) is 2.59. The first kappa shape index (κ1) is 10.2. The second-order valence-corrected chi connectivity index (χ2v) is 4.99. The molecular formula is C12H13BrS. The molecule has 0 fully saturated rings. The highest BCUT2D eigenvalue weighted by Gasteiger charge is 2.06. The molecule has 0 unspecified atom stereocenters. The van der Waals surface area contributed by atoms with Crippen molar-refractivity contribution in [3.8, 4) is 0 Å². The molecule has 0 bridgehead atoms. The third-order valence-corrected chi connectivity index (χ3v) is 4.22. The van der Waals surface area contributed by atoms with E-state index < -0.39 is 0 Å². The minimum atomic E-state index is 0.958. The molecule has 0 saturated heterocycles. The van der Waals surface area contributed by atoms with Gasteiger partial charge in [-0.15, -0.1) is 11.3 Å². The maximum atomic E-state index is 3.54. The lowest BCUT2D eigenvalue weighted by molar-refractivity contribution is 1.16. The second-order valence-electron chi connectivity index (χ2n) is 3.55. The number of halogens is 1. The monoisotopic (exact) mass is 268 g/mol. The number of fused-ring (bicyclic) bond motifs is 1. The van der Waals surface area contributed by atoms with Crippen molar-refractivity contribution in [1.29, 1.82) is 0 Å². The normalized spacial score (nSPS) is 11.1. The van der Waals surface area contributed by atoms with Gasteiger partial charge in [0.05, 0.1) is 0 Å². The highest BCUT2D eigenvalue weighted by molar-refractivity contribution is 9.08. The number of aryl methyl sites for hydroxylation is 2. The summed E-state index contributed by atoms with van der Waals surface area (Å²) in [6.45, 7) is 4.40. The Morgan fingerprint density at radius 3 is 2.71 bits per heavy atom. The molecule has 2 rings (SSSR count). The van der Waals surface area contributed by atoms with Gasteiger partial charge in [-0.25, -0.2) is 0 Å². The van der Waals surface area contributed by atoms with E-state index in [0.29, 0.717) is 0 Å². The van der Waals surface area contributed by atoms with Crippen LogP contribution in [0.4, 0.5) is 0 Å². The van der Waals surface area contributed by atoms with Gasteiger partial charge < -0.3 is 0 Å². The molecule has 0 atom stereocenters. The van der Waals surface area contributed by atoms with Gasteiger partial charge in [-0.1, -0.05) is 40.5 Å². The number of rotatable bonds is 2. The van der Waals surface area contributed by atoms with Gasteiger partial charge in [-0.2, -0.15) is 0 Å². The first-order valence-corrected chi connectivity index (χ1v) is 6.82. The van der Waals surface area contributed by atoms with Gasteiger partial charge in [0.2, 0.25) is 0 Å². The number of alkyl halides is 1. The van der Waals surface area contributed by atoms with Crippen LogP contribution >= 0.6 is 27.3 Å². The molecule has 0 aliphatic heterocycles. The van der Waals surface area contributed by atoms with E-state index in [1.807, 2.05) is 11.3 Å². The van der Waals surface area contributed by atoms with Crippen LogP contribution in [-0.2, 0) is 11.8 Å². The molecule has 14 heavy (non-hydrogen) atoms. The summed E-state index contributed by atoms with van der Waals surface area (Å²) in [4.78, 5) is 0. The van der Waals surface area contributed by atoms with E-state index in [4.69, 9.17) is 0 Å². The fourth-order valence-electron chi connectivity index (χ4n) is 1.79. The van der Waals surface area contributed by atoms with Crippen molar-refractivity contribution in [2.75, 3.05) is 0 Å². The Balaban J connectivity index is 2.76. The molecule has 0 radical (unpaired) electrons. The number of thiophene rings is 1. The molecule has 0 aliphatic carbocycles. The van der Waals surface area contributed by atoms with E-state index in [1.165, 1.54) is 26.8 Å². The molecule has 0 saturated carbocycles. The SMILES string of the molecule is CCc1cc(C)cc2c(CBr)csc12. The minimum Gasteiger partial charge on any atom is -0.143 e. The smallest absolute Gasteiger partial charge is 0.0377 e. The van der Waals surface area contributed by atoms with Crippen LogP contribution in [0.2, 0.25) is 0 Å². The Morgan fingerprint density at radius 1 is 1.29 bits per heavy atom. The largest absolute Gasteiger partial charge is 0.143 e. The van der Waals surface area contributed by atoms with Gasteiger partial charge in [0.15, 0.2) is 0 Å². The summed E-state index contributed by atoms with van der Waals surface area (Å²) in [7, 11) is 0. The summed E-state index contributed by atoms with van der Waals surface area (Å²) >= 11 is 5.40. The van der Waals surface area contributed by atoms with Gasteiger partial charge in [-0.3, -0.25) is 0 Å². The van der Waals surface area contributed by atoms with Crippen LogP contribution in [0, 0.1) is 6.92 Å². The van der Waals surface area contributed by atoms with Gasteiger partial charge in [0.25, 0.3) is 0 Å². The van der Waals surface area contributed by atoms with Gasteiger partial charge in [-0.05, 0) is 35.2 Å². The van der Waals surface area contributed by atoms with Crippen LogP contribution in [0.3, 0.4) is 0 Å². The lowest BCUT2D eigenvalue weighted by atomic mass is 10.0. The van der Waals surface area contributed by atoms with Gasteiger partial charge in [0, 0.05) is 10.0 Å².